The van der Waals surface area contributed by atoms with E-state index >= 15 is 0 Å². The number of aromatic nitrogens is 4. The van der Waals surface area contributed by atoms with Crippen LogP contribution in [-0.2, 0) is 20.8 Å². The van der Waals surface area contributed by atoms with Crippen molar-refractivity contribution < 1.29 is 23.8 Å². The Balaban J connectivity index is 2.02. The molecule has 0 unspecified atom stereocenters. The number of hydrogen-bond acceptors (Lipinski definition) is 8. The molecule has 10 heteroatoms. The maximum atomic E-state index is 12.8. The third kappa shape index (κ3) is 4.75. The van der Waals surface area contributed by atoms with Crippen molar-refractivity contribution in [2.45, 2.75) is 65.4 Å². The third-order valence-electron chi connectivity index (χ3n) is 3.55. The lowest BCUT2D eigenvalue weighted by Crippen LogP contribution is -2.44. The second-order valence-electron chi connectivity index (χ2n) is 8.52. The van der Waals surface area contributed by atoms with E-state index in [4.69, 9.17) is 14.2 Å². The standard InChI is InChI=1S/C18H25N5O5/c1-17(2,3)27-15(24)23(16(25)28-18(4,5)6)14-12-13(19-9-20-14)22(10-21-12)7-11-8-26-11/h9-11H,7-8H2,1-6H3/t11-/m0/s1. The Labute approximate surface area is 162 Å². The number of rotatable bonds is 3. The van der Waals surface area contributed by atoms with Crippen LogP contribution in [0.2, 0.25) is 0 Å². The number of nitrogens with zero attached hydrogens (tertiary/aromatic N) is 5. The largest absolute Gasteiger partial charge is 0.443 e. The zero-order chi connectivity index (χ0) is 20.7. The minimum absolute atomic E-state index is 0.00367. The van der Waals surface area contributed by atoms with Crippen molar-refractivity contribution in [3.63, 3.8) is 0 Å². The first-order valence-corrected chi connectivity index (χ1v) is 8.98. The maximum absolute atomic E-state index is 12.8. The normalized spacial score (nSPS) is 16.7. The van der Waals surface area contributed by atoms with Gasteiger partial charge in [-0.2, -0.15) is 4.90 Å². The van der Waals surface area contributed by atoms with Gasteiger partial charge in [0.2, 0.25) is 0 Å². The minimum Gasteiger partial charge on any atom is -0.443 e. The monoisotopic (exact) mass is 391 g/mol. The van der Waals surface area contributed by atoms with Crippen LogP contribution in [0.25, 0.3) is 11.2 Å². The molecule has 3 heterocycles. The number of carbonyl (C=O) groups excluding carboxylic acids is 2. The highest BCUT2D eigenvalue weighted by Gasteiger charge is 2.35. The Morgan fingerprint density at radius 3 is 2.18 bits per heavy atom. The van der Waals surface area contributed by atoms with Gasteiger partial charge in [-0.1, -0.05) is 0 Å². The maximum Gasteiger partial charge on any atom is 0.425 e. The molecular weight excluding hydrogens is 366 g/mol. The summed E-state index contributed by atoms with van der Waals surface area (Å²) in [6.45, 7) is 11.5. The first-order valence-electron chi connectivity index (χ1n) is 8.98. The topological polar surface area (TPSA) is 112 Å². The number of anilines is 1. The Kier molecular flexibility index (Phi) is 5.00. The van der Waals surface area contributed by atoms with Crippen LogP contribution in [-0.4, -0.2) is 55.6 Å². The average molecular weight is 391 g/mol. The van der Waals surface area contributed by atoms with E-state index in [-0.39, 0.29) is 11.9 Å². The number of amides is 2. The van der Waals surface area contributed by atoms with Crippen molar-refractivity contribution in [3.05, 3.63) is 12.7 Å². The summed E-state index contributed by atoms with van der Waals surface area (Å²) in [5, 5.41) is 0. The predicted octanol–water partition coefficient (Wildman–Crippen LogP) is 2.90. The number of ether oxygens (including phenoxy) is 3. The molecule has 2 amide bonds. The Hall–Kier alpha value is -2.75. The second kappa shape index (κ2) is 7.01. The second-order valence-corrected chi connectivity index (χ2v) is 8.52. The molecule has 0 N–H and O–H groups in total. The Morgan fingerprint density at radius 1 is 1.11 bits per heavy atom. The zero-order valence-electron chi connectivity index (χ0n) is 16.9. The lowest BCUT2D eigenvalue weighted by molar-refractivity contribution is 0.0429. The quantitative estimate of drug-likeness (QED) is 0.734. The molecular formula is C18H25N5O5. The first kappa shape index (κ1) is 20.0. The molecule has 0 aliphatic carbocycles. The first-order chi connectivity index (χ1) is 12.9. The summed E-state index contributed by atoms with van der Waals surface area (Å²) in [4.78, 5) is 39.0. The molecule has 1 atom stereocenters. The predicted molar refractivity (Wildman–Crippen MR) is 100 cm³/mol. The van der Waals surface area contributed by atoms with E-state index in [0.717, 1.165) is 4.90 Å². The molecule has 0 spiro atoms. The van der Waals surface area contributed by atoms with Gasteiger partial charge in [-0.15, -0.1) is 0 Å². The van der Waals surface area contributed by atoms with Crippen LogP contribution in [0.1, 0.15) is 41.5 Å². The van der Waals surface area contributed by atoms with E-state index in [1.807, 2.05) is 0 Å². The van der Waals surface area contributed by atoms with E-state index < -0.39 is 23.4 Å². The van der Waals surface area contributed by atoms with Gasteiger partial charge in [0.25, 0.3) is 0 Å². The highest BCUT2D eigenvalue weighted by molar-refractivity contribution is 6.12. The Morgan fingerprint density at radius 2 is 1.68 bits per heavy atom. The molecule has 2 aromatic rings. The molecule has 0 saturated carbocycles. The number of imide groups is 1. The fraction of sp³-hybridized carbons (Fsp3) is 0.611. The van der Waals surface area contributed by atoms with Crippen molar-refractivity contribution >= 4 is 29.2 Å². The van der Waals surface area contributed by atoms with Crippen molar-refractivity contribution in [1.82, 2.24) is 19.5 Å². The number of hydrogen-bond donors (Lipinski definition) is 0. The molecule has 2 aromatic heterocycles. The Bertz CT molecular complexity index is 864. The van der Waals surface area contributed by atoms with Crippen LogP contribution < -0.4 is 4.90 Å². The molecule has 3 rings (SSSR count). The van der Waals surface area contributed by atoms with Crippen LogP contribution in [0.15, 0.2) is 12.7 Å². The number of imidazole rings is 1. The van der Waals surface area contributed by atoms with Gasteiger partial charge < -0.3 is 18.8 Å². The summed E-state index contributed by atoms with van der Waals surface area (Å²) in [6, 6.07) is 0. The van der Waals surface area contributed by atoms with Crippen LogP contribution in [0.4, 0.5) is 15.4 Å². The van der Waals surface area contributed by atoms with Crippen LogP contribution >= 0.6 is 0 Å². The lowest BCUT2D eigenvalue weighted by Gasteiger charge is -2.28. The van der Waals surface area contributed by atoms with Gasteiger partial charge in [0.15, 0.2) is 17.0 Å². The molecule has 1 aliphatic rings. The van der Waals surface area contributed by atoms with Crippen LogP contribution in [0.5, 0.6) is 0 Å². The number of carbonyl (C=O) groups is 2. The number of fused-ring (bicyclic) bond motifs is 1. The third-order valence-corrected chi connectivity index (χ3v) is 3.55. The smallest absolute Gasteiger partial charge is 0.425 e. The van der Waals surface area contributed by atoms with Crippen molar-refractivity contribution in [3.8, 4) is 0 Å². The summed E-state index contributed by atoms with van der Waals surface area (Å²) in [7, 11) is 0. The summed E-state index contributed by atoms with van der Waals surface area (Å²) < 4.78 is 17.8. The minimum atomic E-state index is -0.901. The fourth-order valence-electron chi connectivity index (χ4n) is 2.42. The summed E-state index contributed by atoms with van der Waals surface area (Å²) >= 11 is 0. The van der Waals surface area contributed by atoms with E-state index in [0.29, 0.717) is 24.3 Å². The van der Waals surface area contributed by atoms with E-state index in [1.54, 1.807) is 52.4 Å². The van der Waals surface area contributed by atoms with Gasteiger partial charge in [0, 0.05) is 0 Å². The van der Waals surface area contributed by atoms with Gasteiger partial charge in [-0.25, -0.2) is 24.5 Å². The molecule has 0 aromatic carbocycles. The van der Waals surface area contributed by atoms with Gasteiger partial charge in [-0.05, 0) is 41.5 Å². The van der Waals surface area contributed by atoms with Crippen LogP contribution in [0, 0.1) is 0 Å². The SMILES string of the molecule is CC(C)(C)OC(=O)N(C(=O)OC(C)(C)C)c1ncnc2c1ncn2C[C@H]1CO1. The van der Waals surface area contributed by atoms with E-state index in [2.05, 4.69) is 15.0 Å². The summed E-state index contributed by atoms with van der Waals surface area (Å²) in [5.74, 6) is 0.00367. The molecule has 10 nitrogen and oxygen atoms in total. The number of epoxide rings is 1. The molecule has 1 fully saturated rings. The van der Waals surface area contributed by atoms with E-state index in [9.17, 15) is 9.59 Å². The van der Waals surface area contributed by atoms with Gasteiger partial charge in [-0.3, -0.25) is 0 Å². The van der Waals surface area contributed by atoms with Crippen molar-refractivity contribution in [1.29, 1.82) is 0 Å². The van der Waals surface area contributed by atoms with E-state index in [1.165, 1.54) is 6.33 Å². The highest BCUT2D eigenvalue weighted by Crippen LogP contribution is 2.26. The average Bonchev–Trinajstić information content (AvgIpc) is 3.23. The van der Waals surface area contributed by atoms with Gasteiger partial charge in [0.05, 0.1) is 25.6 Å². The molecule has 1 aliphatic heterocycles. The van der Waals surface area contributed by atoms with Gasteiger partial charge >= 0.3 is 12.2 Å². The highest BCUT2D eigenvalue weighted by atomic mass is 16.6. The fourth-order valence-corrected chi connectivity index (χ4v) is 2.42. The zero-order valence-corrected chi connectivity index (χ0v) is 16.9. The van der Waals surface area contributed by atoms with Crippen molar-refractivity contribution in [2.24, 2.45) is 0 Å². The van der Waals surface area contributed by atoms with Crippen molar-refractivity contribution in [2.75, 3.05) is 11.5 Å². The van der Waals surface area contributed by atoms with Crippen LogP contribution in [0.3, 0.4) is 0 Å². The molecule has 0 bridgehead atoms. The molecule has 0 radical (unpaired) electrons. The van der Waals surface area contributed by atoms with Gasteiger partial charge in [0.1, 0.15) is 17.5 Å². The molecule has 152 valence electrons. The molecule has 1 saturated heterocycles. The summed E-state index contributed by atoms with van der Waals surface area (Å²) in [6.07, 6.45) is 1.16. The summed E-state index contributed by atoms with van der Waals surface area (Å²) in [5.41, 5.74) is -0.851. The lowest BCUT2D eigenvalue weighted by atomic mass is 10.2. The molecule has 28 heavy (non-hydrogen) atoms.